The van der Waals surface area contributed by atoms with Crippen LogP contribution in [0.5, 0.6) is 0 Å². The number of benzene rings is 1. The number of hydrogen-bond acceptors (Lipinski definition) is 2. The van der Waals surface area contributed by atoms with Crippen LogP contribution in [0.25, 0.3) is 0 Å². The average Bonchev–Trinajstić information content (AvgIpc) is 2.47. The second kappa shape index (κ2) is 7.20. The van der Waals surface area contributed by atoms with Crippen molar-refractivity contribution in [2.75, 3.05) is 6.54 Å². The van der Waals surface area contributed by atoms with E-state index in [2.05, 4.69) is 27.8 Å². The van der Waals surface area contributed by atoms with Crippen molar-refractivity contribution in [3.05, 3.63) is 64.4 Å². The molecule has 2 aromatic rings. The third-order valence-electron chi connectivity index (χ3n) is 2.93. The molecule has 0 fully saturated rings. The second-order valence-corrected chi connectivity index (χ2v) is 5.37. The van der Waals surface area contributed by atoms with Crippen molar-refractivity contribution < 1.29 is 4.79 Å². The van der Waals surface area contributed by atoms with Crippen molar-refractivity contribution in [1.82, 2.24) is 9.88 Å². The molecule has 0 spiro atoms. The number of carbonyl (C=O) groups is 1. The van der Waals surface area contributed by atoms with Gasteiger partial charge in [0.1, 0.15) is 10.3 Å². The van der Waals surface area contributed by atoms with Gasteiger partial charge >= 0.3 is 0 Å². The predicted octanol–water partition coefficient (Wildman–Crippen LogP) is 3.90. The Morgan fingerprint density at radius 1 is 1.15 bits per heavy atom. The zero-order valence-electron chi connectivity index (χ0n) is 11.4. The summed E-state index contributed by atoms with van der Waals surface area (Å²) in [6.07, 6.45) is 0.923. The maximum atomic E-state index is 12.5. The minimum atomic E-state index is -0.0306. The highest BCUT2D eigenvalue weighted by atomic mass is 79.9. The van der Waals surface area contributed by atoms with Gasteiger partial charge in [-0.1, -0.05) is 43.3 Å². The largest absolute Gasteiger partial charge is 0.333 e. The Morgan fingerprint density at radius 3 is 2.55 bits per heavy atom. The normalized spacial score (nSPS) is 10.3. The Balaban J connectivity index is 2.18. The van der Waals surface area contributed by atoms with E-state index < -0.39 is 0 Å². The number of halogens is 1. The lowest BCUT2D eigenvalue weighted by atomic mass is 10.2. The summed E-state index contributed by atoms with van der Waals surface area (Å²) in [5.41, 5.74) is 1.60. The molecular formula is C16H17BrN2O. The number of pyridine rings is 1. The SMILES string of the molecule is CCCN(Cc1ccccc1)C(=O)c1cccc(Br)n1. The molecule has 0 radical (unpaired) electrons. The number of hydrogen-bond donors (Lipinski definition) is 0. The third kappa shape index (κ3) is 3.90. The van der Waals surface area contributed by atoms with Crippen LogP contribution in [-0.2, 0) is 6.54 Å². The molecule has 4 heteroatoms. The standard InChI is InChI=1S/C16H17BrN2O/c1-2-11-19(12-13-7-4-3-5-8-13)16(20)14-9-6-10-15(17)18-14/h3-10H,2,11-12H2,1H3. The maximum Gasteiger partial charge on any atom is 0.272 e. The van der Waals surface area contributed by atoms with E-state index in [0.29, 0.717) is 16.8 Å². The molecule has 2 rings (SSSR count). The number of amides is 1. The highest BCUT2D eigenvalue weighted by Gasteiger charge is 2.16. The number of carbonyl (C=O) groups excluding carboxylic acids is 1. The molecule has 0 saturated carbocycles. The van der Waals surface area contributed by atoms with Gasteiger partial charge in [-0.3, -0.25) is 4.79 Å². The highest BCUT2D eigenvalue weighted by molar-refractivity contribution is 9.10. The van der Waals surface area contributed by atoms with Gasteiger partial charge in [0.05, 0.1) is 0 Å². The van der Waals surface area contributed by atoms with Gasteiger partial charge in [-0.2, -0.15) is 0 Å². The first-order valence-corrected chi connectivity index (χ1v) is 7.45. The molecule has 3 nitrogen and oxygen atoms in total. The quantitative estimate of drug-likeness (QED) is 0.778. The van der Waals surface area contributed by atoms with Gasteiger partial charge in [0, 0.05) is 13.1 Å². The van der Waals surface area contributed by atoms with Crippen molar-refractivity contribution in [3.63, 3.8) is 0 Å². The third-order valence-corrected chi connectivity index (χ3v) is 3.37. The molecule has 0 atom stereocenters. The Hall–Kier alpha value is -1.68. The van der Waals surface area contributed by atoms with Crippen LogP contribution in [-0.4, -0.2) is 22.3 Å². The van der Waals surface area contributed by atoms with E-state index in [1.807, 2.05) is 47.4 Å². The van der Waals surface area contributed by atoms with Gasteiger partial charge in [0.2, 0.25) is 0 Å². The summed E-state index contributed by atoms with van der Waals surface area (Å²) in [6.45, 7) is 3.41. The Kier molecular flexibility index (Phi) is 5.30. The second-order valence-electron chi connectivity index (χ2n) is 4.56. The molecule has 1 aromatic carbocycles. The summed E-state index contributed by atoms with van der Waals surface area (Å²) in [4.78, 5) is 18.6. The molecule has 20 heavy (non-hydrogen) atoms. The van der Waals surface area contributed by atoms with Crippen LogP contribution < -0.4 is 0 Å². The zero-order valence-corrected chi connectivity index (χ0v) is 13.0. The van der Waals surface area contributed by atoms with Gasteiger partial charge in [0.25, 0.3) is 5.91 Å². The number of aromatic nitrogens is 1. The monoisotopic (exact) mass is 332 g/mol. The lowest BCUT2D eigenvalue weighted by Gasteiger charge is -2.22. The molecule has 0 unspecified atom stereocenters. The fourth-order valence-corrected chi connectivity index (χ4v) is 2.36. The van der Waals surface area contributed by atoms with E-state index in [0.717, 1.165) is 18.5 Å². The van der Waals surface area contributed by atoms with Gasteiger partial charge in [-0.25, -0.2) is 4.98 Å². The summed E-state index contributed by atoms with van der Waals surface area (Å²) in [5.74, 6) is -0.0306. The van der Waals surface area contributed by atoms with E-state index in [1.54, 1.807) is 6.07 Å². The Labute approximate surface area is 127 Å². The molecule has 1 amide bonds. The minimum Gasteiger partial charge on any atom is -0.333 e. The van der Waals surface area contributed by atoms with Crippen LogP contribution in [0.2, 0.25) is 0 Å². The van der Waals surface area contributed by atoms with Gasteiger partial charge in [-0.05, 0) is 40.0 Å². The zero-order chi connectivity index (χ0) is 14.4. The maximum absolute atomic E-state index is 12.5. The van der Waals surface area contributed by atoms with Crippen LogP contribution in [0.4, 0.5) is 0 Å². The fraction of sp³-hybridized carbons (Fsp3) is 0.250. The fourth-order valence-electron chi connectivity index (χ4n) is 2.02. The van der Waals surface area contributed by atoms with Crippen molar-refractivity contribution in [1.29, 1.82) is 0 Å². The van der Waals surface area contributed by atoms with Crippen LogP contribution in [0, 0.1) is 0 Å². The van der Waals surface area contributed by atoms with Crippen molar-refractivity contribution in [2.24, 2.45) is 0 Å². The van der Waals surface area contributed by atoms with Gasteiger partial charge in [-0.15, -0.1) is 0 Å². The summed E-state index contributed by atoms with van der Waals surface area (Å²) in [5, 5.41) is 0. The Bertz CT molecular complexity index is 572. The minimum absolute atomic E-state index is 0.0306. The molecule has 0 aliphatic heterocycles. The predicted molar refractivity (Wildman–Crippen MR) is 83.4 cm³/mol. The first-order chi connectivity index (χ1) is 9.70. The number of rotatable bonds is 5. The van der Waals surface area contributed by atoms with E-state index in [1.165, 1.54) is 0 Å². The van der Waals surface area contributed by atoms with E-state index in [-0.39, 0.29) is 5.91 Å². The summed E-state index contributed by atoms with van der Waals surface area (Å²) in [6, 6.07) is 15.4. The molecule has 0 N–H and O–H groups in total. The first kappa shape index (κ1) is 14.7. The van der Waals surface area contributed by atoms with E-state index in [4.69, 9.17) is 0 Å². The molecule has 1 aromatic heterocycles. The van der Waals surface area contributed by atoms with E-state index >= 15 is 0 Å². The summed E-state index contributed by atoms with van der Waals surface area (Å²) >= 11 is 3.30. The average molecular weight is 333 g/mol. The van der Waals surface area contributed by atoms with E-state index in [9.17, 15) is 4.79 Å². The van der Waals surface area contributed by atoms with Crippen molar-refractivity contribution in [3.8, 4) is 0 Å². The molecular weight excluding hydrogens is 316 g/mol. The topological polar surface area (TPSA) is 33.2 Å². The Morgan fingerprint density at radius 2 is 1.90 bits per heavy atom. The van der Waals surface area contributed by atoms with Crippen LogP contribution in [0.15, 0.2) is 53.1 Å². The molecule has 0 bridgehead atoms. The molecule has 0 aliphatic rings. The molecule has 104 valence electrons. The number of nitrogens with zero attached hydrogens (tertiary/aromatic N) is 2. The van der Waals surface area contributed by atoms with Crippen LogP contribution >= 0.6 is 15.9 Å². The van der Waals surface area contributed by atoms with Crippen LogP contribution in [0.1, 0.15) is 29.4 Å². The molecule has 1 heterocycles. The van der Waals surface area contributed by atoms with Crippen LogP contribution in [0.3, 0.4) is 0 Å². The van der Waals surface area contributed by atoms with Crippen molar-refractivity contribution in [2.45, 2.75) is 19.9 Å². The molecule has 0 aliphatic carbocycles. The smallest absolute Gasteiger partial charge is 0.272 e. The summed E-state index contributed by atoms with van der Waals surface area (Å²) in [7, 11) is 0. The first-order valence-electron chi connectivity index (χ1n) is 6.66. The lowest BCUT2D eigenvalue weighted by Crippen LogP contribution is -2.31. The van der Waals surface area contributed by atoms with Crippen molar-refractivity contribution >= 4 is 21.8 Å². The lowest BCUT2D eigenvalue weighted by molar-refractivity contribution is 0.0737. The summed E-state index contributed by atoms with van der Waals surface area (Å²) < 4.78 is 0.680. The highest BCUT2D eigenvalue weighted by Crippen LogP contribution is 2.12. The molecule has 0 saturated heterocycles. The van der Waals surface area contributed by atoms with Gasteiger partial charge in [0.15, 0.2) is 0 Å². The van der Waals surface area contributed by atoms with Gasteiger partial charge < -0.3 is 4.90 Å².